The number of piperazine rings is 1. The van der Waals surface area contributed by atoms with Gasteiger partial charge in [0.1, 0.15) is 5.69 Å². The average Bonchev–Trinajstić information content (AvgIpc) is 2.97. The number of nitrogens with zero attached hydrogens (tertiary/aromatic N) is 4. The number of carbonyl (C=O) groups is 1. The zero-order chi connectivity index (χ0) is 19.8. The van der Waals surface area contributed by atoms with Crippen LogP contribution in [0.4, 0.5) is 0 Å². The largest absolute Gasteiger partial charge is 0.383 e. The second kappa shape index (κ2) is 7.89. The third-order valence-corrected chi connectivity index (χ3v) is 5.85. The van der Waals surface area contributed by atoms with Crippen molar-refractivity contribution in [1.82, 2.24) is 19.6 Å². The summed E-state index contributed by atoms with van der Waals surface area (Å²) in [5, 5.41) is 4.74. The molecule has 152 valence electrons. The normalized spacial score (nSPS) is 25.5. The zero-order valence-electron chi connectivity index (χ0n) is 17.6. The van der Waals surface area contributed by atoms with Gasteiger partial charge in [-0.05, 0) is 34.2 Å². The molecule has 1 fully saturated rings. The minimum absolute atomic E-state index is 0.0240. The number of hydrogen-bond acceptors (Lipinski definition) is 5. The van der Waals surface area contributed by atoms with Gasteiger partial charge < -0.3 is 14.4 Å². The molecule has 7 nitrogen and oxygen atoms in total. The van der Waals surface area contributed by atoms with Crippen LogP contribution in [0, 0.1) is 0 Å². The predicted molar refractivity (Wildman–Crippen MR) is 104 cm³/mol. The number of carbonyl (C=O) groups excluding carboxylic acids is 1. The topological polar surface area (TPSA) is 59.8 Å². The fourth-order valence-electron chi connectivity index (χ4n) is 4.47. The van der Waals surface area contributed by atoms with Gasteiger partial charge in [0.05, 0.1) is 31.1 Å². The van der Waals surface area contributed by atoms with Gasteiger partial charge in [0.2, 0.25) is 0 Å². The summed E-state index contributed by atoms with van der Waals surface area (Å²) >= 11 is 0. The number of ether oxygens (including phenoxy) is 2. The van der Waals surface area contributed by atoms with Crippen molar-refractivity contribution in [3.8, 4) is 0 Å². The smallest absolute Gasteiger partial charge is 0.272 e. The molecule has 0 aliphatic carbocycles. The van der Waals surface area contributed by atoms with Crippen LogP contribution in [-0.2, 0) is 22.4 Å². The van der Waals surface area contributed by atoms with E-state index in [1.165, 1.54) is 0 Å². The lowest BCUT2D eigenvalue weighted by Gasteiger charge is -2.46. The van der Waals surface area contributed by atoms with Gasteiger partial charge >= 0.3 is 0 Å². The number of likely N-dealkylation sites (N-methyl/N-ethyl adjacent to an activating group) is 1. The van der Waals surface area contributed by atoms with Crippen LogP contribution >= 0.6 is 0 Å². The van der Waals surface area contributed by atoms with E-state index in [1.807, 2.05) is 16.5 Å². The van der Waals surface area contributed by atoms with Gasteiger partial charge in [0.15, 0.2) is 0 Å². The molecule has 0 bridgehead atoms. The molecule has 0 saturated carbocycles. The second-order valence-corrected chi connectivity index (χ2v) is 8.34. The first kappa shape index (κ1) is 20.3. The molecule has 0 radical (unpaired) electrons. The Balaban J connectivity index is 1.93. The highest BCUT2D eigenvalue weighted by molar-refractivity contribution is 5.94. The summed E-state index contributed by atoms with van der Waals surface area (Å²) in [4.78, 5) is 18.0. The van der Waals surface area contributed by atoms with Crippen molar-refractivity contribution in [2.75, 3.05) is 39.9 Å². The molecule has 0 unspecified atom stereocenters. The summed E-state index contributed by atoms with van der Waals surface area (Å²) in [5.41, 5.74) is 2.66. The van der Waals surface area contributed by atoms with E-state index in [1.54, 1.807) is 7.11 Å². The minimum Gasteiger partial charge on any atom is -0.383 e. The number of rotatable bonds is 5. The van der Waals surface area contributed by atoms with E-state index in [0.29, 0.717) is 13.2 Å². The van der Waals surface area contributed by atoms with Crippen LogP contribution in [0.5, 0.6) is 0 Å². The number of hydrogen-bond donors (Lipinski definition) is 0. The summed E-state index contributed by atoms with van der Waals surface area (Å²) in [5.74, 6) is 0.0879. The molecule has 0 aromatic carbocycles. The molecule has 1 aromatic heterocycles. The van der Waals surface area contributed by atoms with Crippen molar-refractivity contribution in [2.45, 2.75) is 65.3 Å². The van der Waals surface area contributed by atoms with Crippen LogP contribution < -0.4 is 0 Å². The number of aromatic nitrogens is 2. The molecule has 1 amide bonds. The molecule has 2 aliphatic rings. The van der Waals surface area contributed by atoms with Crippen LogP contribution in [0.15, 0.2) is 0 Å². The van der Waals surface area contributed by atoms with Crippen LogP contribution in [-0.4, -0.2) is 77.0 Å². The van der Waals surface area contributed by atoms with Crippen LogP contribution in [0.1, 0.15) is 62.5 Å². The molecular formula is C20H34N4O3. The number of methoxy groups -OCH3 is 1. The first-order valence-corrected chi connectivity index (χ1v) is 10.1. The summed E-state index contributed by atoms with van der Waals surface area (Å²) in [6.45, 7) is 15.2. The standard InChI is InChI=1S/C20H34N4O3/c1-7-23-9-8-22(13-20(23,4)5)19(25)18-16-12-14(2)27-15(3)17(16)21-24(18)10-11-26-6/h14-15H,7-13H2,1-6H3/t14-,15+/m1/s1. The Bertz CT molecular complexity index is 685. The third kappa shape index (κ3) is 3.91. The van der Waals surface area contributed by atoms with E-state index in [4.69, 9.17) is 14.6 Å². The van der Waals surface area contributed by atoms with Gasteiger partial charge in [-0.1, -0.05) is 6.92 Å². The number of fused-ring (bicyclic) bond motifs is 1. The molecule has 0 N–H and O–H groups in total. The molecule has 2 atom stereocenters. The van der Waals surface area contributed by atoms with E-state index in [0.717, 1.165) is 49.6 Å². The summed E-state index contributed by atoms with van der Waals surface area (Å²) < 4.78 is 13.0. The number of amides is 1. The van der Waals surface area contributed by atoms with Gasteiger partial charge in [-0.15, -0.1) is 0 Å². The summed E-state index contributed by atoms with van der Waals surface area (Å²) in [7, 11) is 1.67. The molecule has 1 saturated heterocycles. The molecule has 27 heavy (non-hydrogen) atoms. The van der Waals surface area contributed by atoms with Gasteiger partial charge in [-0.3, -0.25) is 14.4 Å². The van der Waals surface area contributed by atoms with Gasteiger partial charge in [0.25, 0.3) is 5.91 Å². The van der Waals surface area contributed by atoms with Crippen molar-refractivity contribution in [3.05, 3.63) is 17.0 Å². The van der Waals surface area contributed by atoms with E-state index >= 15 is 0 Å². The van der Waals surface area contributed by atoms with E-state index in [-0.39, 0.29) is 23.7 Å². The van der Waals surface area contributed by atoms with Crippen molar-refractivity contribution < 1.29 is 14.3 Å². The first-order chi connectivity index (χ1) is 12.8. The monoisotopic (exact) mass is 378 g/mol. The summed E-state index contributed by atoms with van der Waals surface area (Å²) in [6.07, 6.45) is 0.728. The molecule has 7 heteroatoms. The van der Waals surface area contributed by atoms with Gasteiger partial charge in [-0.2, -0.15) is 5.10 Å². The van der Waals surface area contributed by atoms with Gasteiger partial charge in [0, 0.05) is 44.3 Å². The third-order valence-electron chi connectivity index (χ3n) is 5.85. The minimum atomic E-state index is -0.0903. The van der Waals surface area contributed by atoms with Crippen molar-refractivity contribution in [3.63, 3.8) is 0 Å². The van der Waals surface area contributed by atoms with E-state index in [2.05, 4.69) is 32.6 Å². The van der Waals surface area contributed by atoms with E-state index in [9.17, 15) is 4.79 Å². The van der Waals surface area contributed by atoms with Crippen molar-refractivity contribution >= 4 is 5.91 Å². The Kier molecular flexibility index (Phi) is 5.93. The molecule has 0 spiro atoms. The fraction of sp³-hybridized carbons (Fsp3) is 0.800. The van der Waals surface area contributed by atoms with Crippen LogP contribution in [0.2, 0.25) is 0 Å². The first-order valence-electron chi connectivity index (χ1n) is 10.1. The average molecular weight is 379 g/mol. The lowest BCUT2D eigenvalue weighted by Crippen LogP contribution is -2.60. The maximum Gasteiger partial charge on any atom is 0.272 e. The lowest BCUT2D eigenvalue weighted by atomic mass is 9.96. The highest BCUT2D eigenvalue weighted by Crippen LogP contribution is 2.33. The molecular weight excluding hydrogens is 344 g/mol. The molecule has 2 aliphatic heterocycles. The van der Waals surface area contributed by atoms with E-state index < -0.39 is 0 Å². The van der Waals surface area contributed by atoms with Crippen LogP contribution in [0.25, 0.3) is 0 Å². The second-order valence-electron chi connectivity index (χ2n) is 8.34. The Morgan fingerprint density at radius 3 is 2.70 bits per heavy atom. The Morgan fingerprint density at radius 1 is 1.33 bits per heavy atom. The van der Waals surface area contributed by atoms with Crippen molar-refractivity contribution in [1.29, 1.82) is 0 Å². The maximum absolute atomic E-state index is 13.6. The highest BCUT2D eigenvalue weighted by atomic mass is 16.5. The van der Waals surface area contributed by atoms with Gasteiger partial charge in [-0.25, -0.2) is 0 Å². The fourth-order valence-corrected chi connectivity index (χ4v) is 4.47. The lowest BCUT2D eigenvalue weighted by molar-refractivity contribution is -0.00734. The predicted octanol–water partition coefficient (Wildman–Crippen LogP) is 2.11. The Hall–Kier alpha value is -1.44. The molecule has 3 rings (SSSR count). The zero-order valence-corrected chi connectivity index (χ0v) is 17.6. The quantitative estimate of drug-likeness (QED) is 0.785. The molecule has 3 heterocycles. The molecule has 1 aromatic rings. The Labute approximate surface area is 162 Å². The van der Waals surface area contributed by atoms with Crippen molar-refractivity contribution in [2.24, 2.45) is 0 Å². The Morgan fingerprint density at radius 2 is 2.07 bits per heavy atom. The van der Waals surface area contributed by atoms with Crippen LogP contribution in [0.3, 0.4) is 0 Å². The summed E-state index contributed by atoms with van der Waals surface area (Å²) in [6, 6.07) is 0. The highest BCUT2D eigenvalue weighted by Gasteiger charge is 2.38. The maximum atomic E-state index is 13.6. The SMILES string of the molecule is CCN1CCN(C(=O)c2c3c(nn2CCOC)[C@H](C)O[C@H](C)C3)CC1(C)C.